The fourth-order valence-electron chi connectivity index (χ4n) is 4.86. The van der Waals surface area contributed by atoms with Crippen LogP contribution in [0.2, 0.25) is 0 Å². The summed E-state index contributed by atoms with van der Waals surface area (Å²) in [4.78, 5) is 17.6. The van der Waals surface area contributed by atoms with Crippen LogP contribution >= 0.6 is 0 Å². The van der Waals surface area contributed by atoms with Gasteiger partial charge in [-0.25, -0.2) is 4.98 Å². The van der Waals surface area contributed by atoms with Crippen LogP contribution in [0.25, 0.3) is 11.5 Å². The third kappa shape index (κ3) is 9.57. The molecule has 0 fully saturated rings. The van der Waals surface area contributed by atoms with Gasteiger partial charge in [-0.05, 0) is 66.3 Å². The summed E-state index contributed by atoms with van der Waals surface area (Å²) >= 11 is 0. The highest BCUT2D eigenvalue weighted by Crippen LogP contribution is 2.19. The summed E-state index contributed by atoms with van der Waals surface area (Å²) in [7, 11) is 0. The van der Waals surface area contributed by atoms with Crippen LogP contribution in [-0.2, 0) is 19.4 Å². The van der Waals surface area contributed by atoms with E-state index in [0.717, 1.165) is 29.7 Å². The Hall–Kier alpha value is -3.94. The molecule has 0 aliphatic carbocycles. The van der Waals surface area contributed by atoms with Crippen molar-refractivity contribution in [1.29, 1.82) is 0 Å². The highest BCUT2D eigenvalue weighted by atomic mass is 16.5. The van der Waals surface area contributed by atoms with Crippen LogP contribution in [0.4, 0.5) is 0 Å². The lowest BCUT2D eigenvalue weighted by atomic mass is 10.00. The number of nitrogens with zero attached hydrogens (tertiary/aromatic N) is 1. The Bertz CT molecular complexity index is 1350. The number of unbranched alkanes of at least 4 members (excludes halogenated alkanes) is 3. The maximum Gasteiger partial charge on any atom is 0.251 e. The molecule has 3 N–H and O–H groups in total. The Labute approximate surface area is 249 Å². The number of carbonyl (C=O) groups excluding carboxylic acids is 1. The normalized spacial score (nSPS) is 12.5. The lowest BCUT2D eigenvalue weighted by molar-refractivity contribution is 0.0830. The number of rotatable bonds is 17. The predicted octanol–water partition coefficient (Wildman–Crippen LogP) is 6.35. The van der Waals surface area contributed by atoms with Gasteiger partial charge >= 0.3 is 0 Å². The number of hydrogen-bond donors (Lipinski definition) is 3. The molecule has 1 amide bonds. The molecule has 4 aromatic rings. The Balaban J connectivity index is 1.41. The molecule has 3 aromatic carbocycles. The number of aryl methyl sites for hydroxylation is 1. The lowest BCUT2D eigenvalue weighted by Crippen LogP contribution is -2.48. The summed E-state index contributed by atoms with van der Waals surface area (Å²) in [6.45, 7) is 6.00. The summed E-state index contributed by atoms with van der Waals surface area (Å²) in [5.74, 6) is 1.01. The number of carbonyl (C=O) groups is 1. The van der Waals surface area contributed by atoms with E-state index < -0.39 is 12.1 Å². The van der Waals surface area contributed by atoms with Gasteiger partial charge in [-0.1, -0.05) is 75.6 Å². The molecule has 1 aromatic heterocycles. The van der Waals surface area contributed by atoms with Crippen LogP contribution in [0, 0.1) is 0 Å². The number of aliphatic hydroxyl groups is 1. The highest BCUT2D eigenvalue weighted by molar-refractivity contribution is 5.95. The number of ether oxygens (including phenoxy) is 1. The monoisotopic (exact) mass is 569 g/mol. The first-order valence-electron chi connectivity index (χ1n) is 15.0. The van der Waals surface area contributed by atoms with Crippen molar-refractivity contribution in [3.8, 4) is 17.2 Å². The third-order valence-electron chi connectivity index (χ3n) is 7.31. The van der Waals surface area contributed by atoms with Crippen LogP contribution < -0.4 is 15.4 Å². The SMILES string of the molecule is CCCCCCOc1ccc(C[C@H](NC(=O)c2cccc(-c3ncco3)c2)[C@@H](O)CNCc2cccc(CC)c2)cc1. The van der Waals surface area contributed by atoms with Gasteiger partial charge in [0.1, 0.15) is 12.0 Å². The van der Waals surface area contributed by atoms with Crippen molar-refractivity contribution in [3.05, 3.63) is 108 Å². The van der Waals surface area contributed by atoms with E-state index in [2.05, 4.69) is 53.7 Å². The minimum absolute atomic E-state index is 0.268. The van der Waals surface area contributed by atoms with Gasteiger partial charge in [0, 0.05) is 24.2 Å². The summed E-state index contributed by atoms with van der Waals surface area (Å²) in [5, 5.41) is 17.7. The van der Waals surface area contributed by atoms with Crippen molar-refractivity contribution >= 4 is 5.91 Å². The molecule has 0 aliphatic rings. The first-order valence-corrected chi connectivity index (χ1v) is 15.0. The lowest BCUT2D eigenvalue weighted by Gasteiger charge is -2.25. The van der Waals surface area contributed by atoms with Gasteiger partial charge in [0.2, 0.25) is 5.89 Å². The zero-order chi connectivity index (χ0) is 29.6. The number of aromatic nitrogens is 1. The van der Waals surface area contributed by atoms with Crippen molar-refractivity contribution in [2.75, 3.05) is 13.2 Å². The van der Waals surface area contributed by atoms with E-state index in [-0.39, 0.29) is 5.91 Å². The van der Waals surface area contributed by atoms with Crippen molar-refractivity contribution in [2.45, 2.75) is 71.1 Å². The van der Waals surface area contributed by atoms with Gasteiger partial charge in [0.25, 0.3) is 5.91 Å². The minimum Gasteiger partial charge on any atom is -0.494 e. The molecule has 0 bridgehead atoms. The fourth-order valence-corrected chi connectivity index (χ4v) is 4.86. The van der Waals surface area contributed by atoms with Crippen LogP contribution in [0.5, 0.6) is 5.75 Å². The molecule has 222 valence electrons. The average Bonchev–Trinajstić information content (AvgIpc) is 3.57. The topological polar surface area (TPSA) is 96.6 Å². The van der Waals surface area contributed by atoms with E-state index in [9.17, 15) is 9.90 Å². The maximum absolute atomic E-state index is 13.4. The van der Waals surface area contributed by atoms with Gasteiger partial charge < -0.3 is 24.9 Å². The molecule has 0 saturated heterocycles. The molecule has 42 heavy (non-hydrogen) atoms. The van der Waals surface area contributed by atoms with Gasteiger partial charge in [0.05, 0.1) is 24.9 Å². The number of amides is 1. The van der Waals surface area contributed by atoms with Crippen molar-refractivity contribution in [2.24, 2.45) is 0 Å². The molecule has 7 heteroatoms. The molecule has 4 rings (SSSR count). The van der Waals surface area contributed by atoms with E-state index in [0.29, 0.717) is 43.1 Å². The molecule has 0 spiro atoms. The average molecular weight is 570 g/mol. The molecule has 0 saturated carbocycles. The number of oxazole rings is 1. The van der Waals surface area contributed by atoms with Gasteiger partial charge in [-0.15, -0.1) is 0 Å². The second kappa shape index (κ2) is 16.5. The zero-order valence-corrected chi connectivity index (χ0v) is 24.7. The maximum atomic E-state index is 13.4. The summed E-state index contributed by atoms with van der Waals surface area (Å²) < 4.78 is 11.3. The van der Waals surface area contributed by atoms with Crippen molar-refractivity contribution in [1.82, 2.24) is 15.6 Å². The number of aliphatic hydroxyl groups excluding tert-OH is 1. The number of hydrogen-bond acceptors (Lipinski definition) is 6. The molecule has 0 aliphatic heterocycles. The van der Waals surface area contributed by atoms with Crippen LogP contribution in [0.15, 0.2) is 89.7 Å². The second-order valence-electron chi connectivity index (χ2n) is 10.6. The van der Waals surface area contributed by atoms with E-state index in [1.807, 2.05) is 30.3 Å². The first kappa shape index (κ1) is 31.0. The molecule has 1 heterocycles. The summed E-state index contributed by atoms with van der Waals surface area (Å²) in [6, 6.07) is 23.0. The Morgan fingerprint density at radius 1 is 0.952 bits per heavy atom. The molecule has 7 nitrogen and oxygen atoms in total. The first-order chi connectivity index (χ1) is 20.6. The largest absolute Gasteiger partial charge is 0.494 e. The Kier molecular flexibility index (Phi) is 12.2. The number of nitrogens with one attached hydrogen (secondary N) is 2. The predicted molar refractivity (Wildman–Crippen MR) is 167 cm³/mol. The van der Waals surface area contributed by atoms with E-state index in [1.165, 1.54) is 31.1 Å². The zero-order valence-electron chi connectivity index (χ0n) is 24.7. The molecular formula is C35H43N3O4. The van der Waals surface area contributed by atoms with Crippen LogP contribution in [0.1, 0.15) is 66.6 Å². The summed E-state index contributed by atoms with van der Waals surface area (Å²) in [6.07, 6.45) is 8.35. The van der Waals surface area contributed by atoms with Crippen LogP contribution in [-0.4, -0.2) is 41.3 Å². The quantitative estimate of drug-likeness (QED) is 0.128. The van der Waals surface area contributed by atoms with Crippen molar-refractivity contribution < 1.29 is 19.1 Å². The standard InChI is InChI=1S/C35H43N3O4/c1-3-5-6-7-19-41-31-16-14-27(15-17-31)22-32(33(39)25-36-24-28-11-8-10-26(4-2)21-28)38-34(40)29-12-9-13-30(23-29)35-37-18-20-42-35/h8-18,20-21,23,32-33,36,39H,3-7,19,22,24-25H2,1-2H3,(H,38,40)/t32-,33-/m0/s1. The van der Waals surface area contributed by atoms with E-state index in [4.69, 9.17) is 9.15 Å². The molecule has 0 radical (unpaired) electrons. The van der Waals surface area contributed by atoms with Crippen molar-refractivity contribution in [3.63, 3.8) is 0 Å². The second-order valence-corrected chi connectivity index (χ2v) is 10.6. The summed E-state index contributed by atoms with van der Waals surface area (Å²) in [5.41, 5.74) is 4.63. The minimum atomic E-state index is -0.812. The Morgan fingerprint density at radius 2 is 1.76 bits per heavy atom. The molecule has 2 atom stereocenters. The van der Waals surface area contributed by atoms with Crippen LogP contribution in [0.3, 0.4) is 0 Å². The van der Waals surface area contributed by atoms with E-state index in [1.54, 1.807) is 24.4 Å². The Morgan fingerprint density at radius 3 is 2.52 bits per heavy atom. The smallest absolute Gasteiger partial charge is 0.251 e. The van der Waals surface area contributed by atoms with E-state index >= 15 is 0 Å². The number of benzene rings is 3. The third-order valence-corrected chi connectivity index (χ3v) is 7.31. The van der Waals surface area contributed by atoms with Gasteiger partial charge in [0.15, 0.2) is 0 Å². The fraction of sp³-hybridized carbons (Fsp3) is 0.371. The molecule has 0 unspecified atom stereocenters. The molecular weight excluding hydrogens is 526 g/mol. The van der Waals surface area contributed by atoms with Gasteiger partial charge in [-0.2, -0.15) is 0 Å². The van der Waals surface area contributed by atoms with Gasteiger partial charge in [-0.3, -0.25) is 4.79 Å². The highest BCUT2D eigenvalue weighted by Gasteiger charge is 2.23.